The van der Waals surface area contributed by atoms with Gasteiger partial charge in [0.2, 0.25) is 5.13 Å². The average molecular weight is 406 g/mol. The molecule has 2 aromatic heterocycles. The monoisotopic (exact) mass is 405 g/mol. The maximum absolute atomic E-state index is 13.3. The lowest BCUT2D eigenvalue weighted by Crippen LogP contribution is -2.28. The van der Waals surface area contributed by atoms with E-state index in [-0.39, 0.29) is 17.1 Å². The molecular formula is C18H17ClFN5OS. The fourth-order valence-corrected chi connectivity index (χ4v) is 3.34. The van der Waals surface area contributed by atoms with Crippen molar-refractivity contribution >= 4 is 39.8 Å². The molecule has 2 heterocycles. The molecule has 1 aromatic carbocycles. The fourth-order valence-electron chi connectivity index (χ4n) is 2.47. The zero-order valence-corrected chi connectivity index (χ0v) is 16.2. The van der Waals surface area contributed by atoms with E-state index in [0.717, 1.165) is 5.56 Å². The van der Waals surface area contributed by atoms with Crippen LogP contribution < -0.4 is 10.6 Å². The zero-order valence-electron chi connectivity index (χ0n) is 14.7. The van der Waals surface area contributed by atoms with Crippen LogP contribution in [0.5, 0.6) is 0 Å². The van der Waals surface area contributed by atoms with Gasteiger partial charge in [-0.1, -0.05) is 42.9 Å². The van der Waals surface area contributed by atoms with E-state index in [9.17, 15) is 9.18 Å². The van der Waals surface area contributed by atoms with E-state index in [4.69, 9.17) is 11.6 Å². The van der Waals surface area contributed by atoms with Gasteiger partial charge in [0.05, 0.1) is 5.56 Å². The molecule has 3 rings (SSSR count). The highest BCUT2D eigenvalue weighted by Gasteiger charge is 2.23. The Morgan fingerprint density at radius 3 is 2.74 bits per heavy atom. The minimum Gasteiger partial charge on any atom is -0.369 e. The topological polar surface area (TPSA) is 79.8 Å². The molecule has 0 fully saturated rings. The molecule has 6 nitrogen and oxygen atoms in total. The van der Waals surface area contributed by atoms with Gasteiger partial charge in [0, 0.05) is 23.2 Å². The van der Waals surface area contributed by atoms with Gasteiger partial charge < -0.3 is 5.32 Å². The maximum Gasteiger partial charge on any atom is 0.259 e. The molecule has 9 heteroatoms. The van der Waals surface area contributed by atoms with Crippen molar-refractivity contribution < 1.29 is 9.18 Å². The lowest BCUT2D eigenvalue weighted by atomic mass is 9.84. The minimum atomic E-state index is -0.364. The summed E-state index contributed by atoms with van der Waals surface area (Å²) in [6, 6.07) is 7.78. The molecule has 3 aromatic rings. The van der Waals surface area contributed by atoms with E-state index in [2.05, 4.69) is 25.8 Å². The molecule has 27 heavy (non-hydrogen) atoms. The first-order valence-corrected chi connectivity index (χ1v) is 9.34. The SMILES string of the molecule is CC(C)(CNc1ccc(C(=O)Nc2nncs2)cn1)c1ccc(F)cc1Cl. The van der Waals surface area contributed by atoms with Crippen LogP contribution in [-0.4, -0.2) is 27.6 Å². The summed E-state index contributed by atoms with van der Waals surface area (Å²) in [6.45, 7) is 4.54. The summed E-state index contributed by atoms with van der Waals surface area (Å²) < 4.78 is 13.3. The number of pyridine rings is 1. The summed E-state index contributed by atoms with van der Waals surface area (Å²) in [5.74, 6) is -0.0467. The molecule has 0 aliphatic carbocycles. The van der Waals surface area contributed by atoms with Gasteiger partial charge in [-0.05, 0) is 29.8 Å². The summed E-state index contributed by atoms with van der Waals surface area (Å²) >= 11 is 7.41. The van der Waals surface area contributed by atoms with E-state index in [0.29, 0.717) is 28.1 Å². The fraction of sp³-hybridized carbons (Fsp3) is 0.222. The largest absolute Gasteiger partial charge is 0.369 e. The summed E-state index contributed by atoms with van der Waals surface area (Å²) in [4.78, 5) is 16.4. The van der Waals surface area contributed by atoms with Crippen molar-refractivity contribution in [3.63, 3.8) is 0 Å². The van der Waals surface area contributed by atoms with E-state index in [1.807, 2.05) is 13.8 Å². The second kappa shape index (κ2) is 7.98. The lowest BCUT2D eigenvalue weighted by molar-refractivity contribution is 0.102. The van der Waals surface area contributed by atoms with Crippen LogP contribution in [0.4, 0.5) is 15.3 Å². The number of carbonyl (C=O) groups excluding carboxylic acids is 1. The van der Waals surface area contributed by atoms with Crippen LogP contribution in [-0.2, 0) is 5.41 Å². The van der Waals surface area contributed by atoms with Crippen LogP contribution in [0.3, 0.4) is 0 Å². The average Bonchev–Trinajstić information content (AvgIpc) is 3.13. The quantitative estimate of drug-likeness (QED) is 0.636. The van der Waals surface area contributed by atoms with Crippen LogP contribution in [0, 0.1) is 5.82 Å². The number of halogens is 2. The zero-order chi connectivity index (χ0) is 19.4. The summed E-state index contributed by atoms with van der Waals surface area (Å²) in [7, 11) is 0. The highest BCUT2D eigenvalue weighted by molar-refractivity contribution is 7.13. The smallest absolute Gasteiger partial charge is 0.259 e. The Morgan fingerprint density at radius 2 is 2.11 bits per heavy atom. The highest BCUT2D eigenvalue weighted by Crippen LogP contribution is 2.30. The number of anilines is 2. The molecule has 140 valence electrons. The molecule has 1 amide bonds. The Morgan fingerprint density at radius 1 is 1.30 bits per heavy atom. The number of hydrogen-bond acceptors (Lipinski definition) is 6. The number of benzene rings is 1. The normalized spacial score (nSPS) is 11.3. The van der Waals surface area contributed by atoms with Gasteiger partial charge in [0.25, 0.3) is 5.91 Å². The third-order valence-electron chi connectivity index (χ3n) is 3.98. The first-order valence-electron chi connectivity index (χ1n) is 8.08. The number of carbonyl (C=O) groups is 1. The standard InChI is InChI=1S/C18H17ClFN5OS/c1-18(2,13-5-4-12(20)7-14(13)19)9-22-15-6-3-11(8-21-15)16(26)24-17-25-23-10-27-17/h3-8,10H,9H2,1-2H3,(H,21,22)(H,24,25,26). The number of nitrogens with zero attached hydrogens (tertiary/aromatic N) is 3. The van der Waals surface area contributed by atoms with Crippen LogP contribution in [0.25, 0.3) is 0 Å². The molecule has 0 aliphatic rings. The Kier molecular flexibility index (Phi) is 5.67. The van der Waals surface area contributed by atoms with Crippen LogP contribution in [0.2, 0.25) is 5.02 Å². The summed E-state index contributed by atoms with van der Waals surface area (Å²) in [5, 5.41) is 14.1. The first-order chi connectivity index (χ1) is 12.8. The Hall–Kier alpha value is -2.58. The van der Waals surface area contributed by atoms with Crippen LogP contribution in [0.15, 0.2) is 42.0 Å². The van der Waals surface area contributed by atoms with E-state index >= 15 is 0 Å². The molecular weight excluding hydrogens is 389 g/mol. The van der Waals surface area contributed by atoms with Gasteiger partial charge in [0.1, 0.15) is 17.1 Å². The summed E-state index contributed by atoms with van der Waals surface area (Å²) in [5.41, 5.74) is 2.44. The maximum atomic E-state index is 13.3. The molecule has 2 N–H and O–H groups in total. The van der Waals surface area contributed by atoms with Gasteiger partial charge in [-0.25, -0.2) is 9.37 Å². The second-order valence-corrected chi connectivity index (χ2v) is 7.73. The molecule has 0 aliphatic heterocycles. The lowest BCUT2D eigenvalue weighted by Gasteiger charge is -2.27. The molecule has 0 radical (unpaired) electrons. The van der Waals surface area contributed by atoms with E-state index in [1.165, 1.54) is 35.2 Å². The second-order valence-electron chi connectivity index (χ2n) is 6.49. The Bertz CT molecular complexity index is 931. The predicted octanol–water partition coefficient (Wildman–Crippen LogP) is 4.37. The molecule has 0 unspecified atom stereocenters. The van der Waals surface area contributed by atoms with Crippen LogP contribution in [0.1, 0.15) is 29.8 Å². The first kappa shape index (κ1) is 19.2. The van der Waals surface area contributed by atoms with Gasteiger partial charge in [-0.15, -0.1) is 10.2 Å². The number of amides is 1. The number of rotatable bonds is 6. The van der Waals surface area contributed by atoms with E-state index < -0.39 is 0 Å². The van der Waals surface area contributed by atoms with Gasteiger partial charge >= 0.3 is 0 Å². The van der Waals surface area contributed by atoms with Gasteiger partial charge in [-0.2, -0.15) is 0 Å². The third-order valence-corrected chi connectivity index (χ3v) is 4.90. The molecule has 0 saturated carbocycles. The Balaban J connectivity index is 1.63. The highest BCUT2D eigenvalue weighted by atomic mass is 35.5. The number of aromatic nitrogens is 3. The predicted molar refractivity (Wildman–Crippen MR) is 105 cm³/mol. The molecule has 0 spiro atoms. The molecule has 0 saturated heterocycles. The molecule has 0 bridgehead atoms. The number of hydrogen-bond donors (Lipinski definition) is 2. The Labute approximate surface area is 164 Å². The van der Waals surface area contributed by atoms with Crippen LogP contribution >= 0.6 is 22.9 Å². The van der Waals surface area contributed by atoms with Crippen molar-refractivity contribution in [3.05, 3.63) is 64.0 Å². The van der Waals surface area contributed by atoms with Crippen molar-refractivity contribution in [3.8, 4) is 0 Å². The van der Waals surface area contributed by atoms with Gasteiger partial charge in [-0.3, -0.25) is 10.1 Å². The molecule has 0 atom stereocenters. The van der Waals surface area contributed by atoms with Crippen molar-refractivity contribution in [1.82, 2.24) is 15.2 Å². The number of nitrogens with one attached hydrogen (secondary N) is 2. The van der Waals surface area contributed by atoms with Crippen molar-refractivity contribution in [2.45, 2.75) is 19.3 Å². The third kappa shape index (κ3) is 4.78. The minimum absolute atomic E-state index is 0.302. The van der Waals surface area contributed by atoms with E-state index in [1.54, 1.807) is 18.2 Å². The van der Waals surface area contributed by atoms with Crippen molar-refractivity contribution in [2.24, 2.45) is 0 Å². The van der Waals surface area contributed by atoms with Crippen molar-refractivity contribution in [1.29, 1.82) is 0 Å². The van der Waals surface area contributed by atoms with Gasteiger partial charge in [0.15, 0.2) is 0 Å². The van der Waals surface area contributed by atoms with Crippen molar-refractivity contribution in [2.75, 3.05) is 17.2 Å². The summed E-state index contributed by atoms with van der Waals surface area (Å²) in [6.07, 6.45) is 1.48.